The molecule has 0 aromatic carbocycles. The van der Waals surface area contributed by atoms with Crippen LogP contribution in [0, 0.1) is 0 Å². The van der Waals surface area contributed by atoms with E-state index in [1.165, 1.54) is 12.3 Å². The zero-order valence-electron chi connectivity index (χ0n) is 11.2. The molecule has 1 fully saturated rings. The van der Waals surface area contributed by atoms with Crippen LogP contribution in [-0.2, 0) is 9.59 Å². The molecule has 106 valence electrons. The van der Waals surface area contributed by atoms with E-state index in [1.54, 1.807) is 6.07 Å². The monoisotopic (exact) mass is 275 g/mol. The van der Waals surface area contributed by atoms with Crippen LogP contribution in [0.2, 0.25) is 0 Å². The van der Waals surface area contributed by atoms with Gasteiger partial charge in [0.15, 0.2) is 5.69 Å². The summed E-state index contributed by atoms with van der Waals surface area (Å²) in [4.78, 5) is 41.1. The van der Waals surface area contributed by atoms with Crippen LogP contribution in [0.15, 0.2) is 18.3 Å². The Balaban J connectivity index is 2.30. The number of nitrogens with two attached hydrogens (primary N) is 1. The predicted molar refractivity (Wildman–Crippen MR) is 72.5 cm³/mol. The average molecular weight is 275 g/mol. The molecule has 2 rings (SSSR count). The van der Waals surface area contributed by atoms with Crippen molar-refractivity contribution in [2.75, 3.05) is 5.73 Å². The van der Waals surface area contributed by atoms with E-state index >= 15 is 0 Å². The van der Waals surface area contributed by atoms with Gasteiger partial charge in [-0.25, -0.2) is 9.88 Å². The minimum Gasteiger partial charge on any atom is -0.397 e. The molecule has 1 saturated heterocycles. The fraction of sp³-hybridized carbons (Fsp3) is 0.429. The molecule has 20 heavy (non-hydrogen) atoms. The Morgan fingerprint density at radius 1 is 1.10 bits per heavy atom. The molecular weight excluding hydrogens is 258 g/mol. The molecule has 0 spiro atoms. The van der Waals surface area contributed by atoms with Crippen LogP contribution in [0.5, 0.6) is 0 Å². The number of hydrogen-bond acceptors (Lipinski definition) is 5. The molecule has 0 atom stereocenters. The van der Waals surface area contributed by atoms with Crippen LogP contribution < -0.4 is 5.73 Å². The standard InChI is InChI=1S/C14H17N3O3/c15-10-6-5-9-16-13(10)14(20)17-11(18)7-3-1-2-4-8-12(17)19/h5-6,9H,1-4,7-8,15H2. The van der Waals surface area contributed by atoms with E-state index in [-0.39, 0.29) is 24.2 Å². The average Bonchev–Trinajstić information content (AvgIpc) is 2.50. The van der Waals surface area contributed by atoms with Gasteiger partial charge in [0.2, 0.25) is 11.8 Å². The normalized spacial score (nSPS) is 17.3. The van der Waals surface area contributed by atoms with Gasteiger partial charge in [0.05, 0.1) is 5.69 Å². The van der Waals surface area contributed by atoms with E-state index in [9.17, 15) is 14.4 Å². The van der Waals surface area contributed by atoms with Gasteiger partial charge in [-0.2, -0.15) is 0 Å². The summed E-state index contributed by atoms with van der Waals surface area (Å²) in [7, 11) is 0. The largest absolute Gasteiger partial charge is 0.397 e. The summed E-state index contributed by atoms with van der Waals surface area (Å²) in [5.74, 6) is -1.65. The van der Waals surface area contributed by atoms with Crippen LogP contribution in [-0.4, -0.2) is 27.6 Å². The maximum Gasteiger partial charge on any atom is 0.288 e. The number of nitrogen functional groups attached to an aromatic ring is 1. The number of rotatable bonds is 1. The van der Waals surface area contributed by atoms with Gasteiger partial charge in [-0.3, -0.25) is 14.4 Å². The Hall–Kier alpha value is -2.24. The molecule has 2 N–H and O–H groups in total. The lowest BCUT2D eigenvalue weighted by Crippen LogP contribution is -2.42. The van der Waals surface area contributed by atoms with Gasteiger partial charge >= 0.3 is 0 Å². The summed E-state index contributed by atoms with van der Waals surface area (Å²) in [6, 6.07) is 3.11. The highest BCUT2D eigenvalue weighted by Crippen LogP contribution is 2.17. The molecule has 0 aliphatic carbocycles. The van der Waals surface area contributed by atoms with Gasteiger partial charge in [0, 0.05) is 19.0 Å². The van der Waals surface area contributed by atoms with Gasteiger partial charge in [-0.15, -0.1) is 0 Å². The van der Waals surface area contributed by atoms with Gasteiger partial charge in [0.1, 0.15) is 0 Å². The lowest BCUT2D eigenvalue weighted by Gasteiger charge is -2.18. The zero-order chi connectivity index (χ0) is 14.5. The molecule has 0 radical (unpaired) electrons. The number of carbonyl (C=O) groups is 3. The fourth-order valence-electron chi connectivity index (χ4n) is 2.20. The molecule has 0 unspecified atom stereocenters. The molecule has 0 bridgehead atoms. The molecular formula is C14H17N3O3. The van der Waals surface area contributed by atoms with Crippen molar-refractivity contribution in [3.05, 3.63) is 24.0 Å². The lowest BCUT2D eigenvalue weighted by molar-refractivity contribution is -0.141. The van der Waals surface area contributed by atoms with E-state index in [2.05, 4.69) is 4.98 Å². The maximum atomic E-state index is 12.4. The van der Waals surface area contributed by atoms with Gasteiger partial charge in [0.25, 0.3) is 5.91 Å². The topological polar surface area (TPSA) is 93.4 Å². The number of imide groups is 3. The smallest absolute Gasteiger partial charge is 0.288 e. The highest BCUT2D eigenvalue weighted by molar-refractivity contribution is 6.17. The second-order valence-electron chi connectivity index (χ2n) is 4.78. The van der Waals surface area contributed by atoms with Crippen molar-refractivity contribution in [1.82, 2.24) is 9.88 Å². The third kappa shape index (κ3) is 3.01. The van der Waals surface area contributed by atoms with Crippen molar-refractivity contribution in [1.29, 1.82) is 0 Å². The highest BCUT2D eigenvalue weighted by atomic mass is 16.2. The third-order valence-electron chi connectivity index (χ3n) is 3.27. The van der Waals surface area contributed by atoms with E-state index in [0.29, 0.717) is 17.7 Å². The molecule has 3 amide bonds. The van der Waals surface area contributed by atoms with Gasteiger partial charge in [-0.05, 0) is 25.0 Å². The van der Waals surface area contributed by atoms with Crippen molar-refractivity contribution >= 4 is 23.4 Å². The Morgan fingerprint density at radius 3 is 2.25 bits per heavy atom. The Kier molecular flexibility index (Phi) is 4.45. The number of pyridine rings is 1. The van der Waals surface area contributed by atoms with Crippen LogP contribution in [0.1, 0.15) is 49.0 Å². The first kappa shape index (κ1) is 14.2. The summed E-state index contributed by atoms with van der Waals surface area (Å²) in [6.07, 6.45) is 4.98. The quantitative estimate of drug-likeness (QED) is 0.784. The number of carbonyl (C=O) groups excluding carboxylic acids is 3. The van der Waals surface area contributed by atoms with Crippen molar-refractivity contribution in [2.45, 2.75) is 38.5 Å². The fourth-order valence-corrected chi connectivity index (χ4v) is 2.20. The molecule has 1 aliphatic heterocycles. The molecule has 2 heterocycles. The number of amides is 3. The highest BCUT2D eigenvalue weighted by Gasteiger charge is 2.31. The Morgan fingerprint density at radius 2 is 1.70 bits per heavy atom. The molecule has 1 aromatic rings. The van der Waals surface area contributed by atoms with E-state index in [4.69, 9.17) is 5.73 Å². The van der Waals surface area contributed by atoms with Crippen LogP contribution in [0.25, 0.3) is 0 Å². The van der Waals surface area contributed by atoms with E-state index in [1.807, 2.05) is 0 Å². The number of hydrogen-bond donors (Lipinski definition) is 1. The molecule has 1 aromatic heterocycles. The van der Waals surface area contributed by atoms with Gasteiger partial charge in [-0.1, -0.05) is 12.8 Å². The second-order valence-corrected chi connectivity index (χ2v) is 4.78. The van der Waals surface area contributed by atoms with Crippen molar-refractivity contribution < 1.29 is 14.4 Å². The summed E-state index contributed by atoms with van der Waals surface area (Å²) < 4.78 is 0. The van der Waals surface area contributed by atoms with E-state index < -0.39 is 17.7 Å². The first-order valence-electron chi connectivity index (χ1n) is 6.72. The zero-order valence-corrected chi connectivity index (χ0v) is 11.2. The summed E-state index contributed by atoms with van der Waals surface area (Å²) >= 11 is 0. The van der Waals surface area contributed by atoms with Gasteiger partial charge < -0.3 is 5.73 Å². The number of nitrogens with zero attached hydrogens (tertiary/aromatic N) is 2. The number of aromatic nitrogens is 1. The first-order valence-corrected chi connectivity index (χ1v) is 6.72. The second kappa shape index (κ2) is 6.27. The van der Waals surface area contributed by atoms with Crippen LogP contribution in [0.4, 0.5) is 5.69 Å². The van der Waals surface area contributed by atoms with Crippen LogP contribution >= 0.6 is 0 Å². The van der Waals surface area contributed by atoms with Crippen molar-refractivity contribution in [3.63, 3.8) is 0 Å². The summed E-state index contributed by atoms with van der Waals surface area (Å²) in [5.41, 5.74) is 5.80. The SMILES string of the molecule is Nc1cccnc1C(=O)N1C(=O)CCCCCCC1=O. The first-order chi connectivity index (χ1) is 9.61. The summed E-state index contributed by atoms with van der Waals surface area (Å²) in [5, 5.41) is 0. The van der Waals surface area contributed by atoms with E-state index in [0.717, 1.165) is 12.8 Å². The Labute approximate surface area is 117 Å². The van der Waals surface area contributed by atoms with Crippen molar-refractivity contribution in [2.24, 2.45) is 0 Å². The summed E-state index contributed by atoms with van der Waals surface area (Å²) in [6.45, 7) is 0. The minimum absolute atomic E-state index is 0.0477. The van der Waals surface area contributed by atoms with Crippen molar-refractivity contribution in [3.8, 4) is 0 Å². The van der Waals surface area contributed by atoms with Crippen LogP contribution in [0.3, 0.4) is 0 Å². The molecule has 6 heteroatoms. The maximum absolute atomic E-state index is 12.4. The number of anilines is 1. The molecule has 6 nitrogen and oxygen atoms in total. The predicted octanol–water partition coefficient (Wildman–Crippen LogP) is 1.51. The molecule has 0 saturated carbocycles. The Bertz CT molecular complexity index is 522. The lowest BCUT2D eigenvalue weighted by atomic mass is 10.1. The minimum atomic E-state index is -0.722. The molecule has 1 aliphatic rings. The third-order valence-corrected chi connectivity index (χ3v) is 3.27.